The lowest BCUT2D eigenvalue weighted by Gasteiger charge is -2.10. The van der Waals surface area contributed by atoms with E-state index in [9.17, 15) is 9.59 Å². The number of esters is 1. The average Bonchev–Trinajstić information content (AvgIpc) is 3.30. The highest BCUT2D eigenvalue weighted by Gasteiger charge is 2.15. The zero-order valence-electron chi connectivity index (χ0n) is 19.9. The third-order valence-corrected chi connectivity index (χ3v) is 5.64. The standard InChI is InChI=1S/C28H25NO6/c1-17(13-27(30)29-20-9-5-19(6-10-20)28(31)34-4)22-14-23-24(16-35-26(23)15-25(22)33-3)18-7-11-21(32-2)12-8-18/h5-16H,1-4H3,(H,29,30)/b17-13+. The third-order valence-electron chi connectivity index (χ3n) is 5.64. The van der Waals surface area contributed by atoms with Gasteiger partial charge in [-0.2, -0.15) is 0 Å². The van der Waals surface area contributed by atoms with Crippen LogP contribution in [0, 0.1) is 0 Å². The zero-order valence-corrected chi connectivity index (χ0v) is 19.9. The molecule has 0 atom stereocenters. The Kier molecular flexibility index (Phi) is 6.87. The summed E-state index contributed by atoms with van der Waals surface area (Å²) in [5.41, 5.74) is 5.04. The minimum absolute atomic E-state index is 0.307. The minimum atomic E-state index is -0.436. The van der Waals surface area contributed by atoms with Crippen molar-refractivity contribution in [2.24, 2.45) is 0 Å². The summed E-state index contributed by atoms with van der Waals surface area (Å²) in [6.07, 6.45) is 3.21. The van der Waals surface area contributed by atoms with Gasteiger partial charge in [0, 0.05) is 34.3 Å². The molecule has 1 heterocycles. The molecular formula is C28H25NO6. The molecule has 0 aliphatic carbocycles. The van der Waals surface area contributed by atoms with E-state index in [4.69, 9.17) is 18.6 Å². The van der Waals surface area contributed by atoms with Crippen LogP contribution in [0.25, 0.3) is 27.7 Å². The maximum absolute atomic E-state index is 12.7. The lowest BCUT2D eigenvalue weighted by molar-refractivity contribution is -0.111. The summed E-state index contributed by atoms with van der Waals surface area (Å²) in [6.45, 7) is 1.84. The van der Waals surface area contributed by atoms with Gasteiger partial charge in [-0.3, -0.25) is 4.79 Å². The van der Waals surface area contributed by atoms with Crippen LogP contribution in [0.2, 0.25) is 0 Å². The SMILES string of the molecule is COC(=O)c1ccc(NC(=O)/C=C(\C)c2cc3c(-c4ccc(OC)cc4)coc3cc2OC)cc1. The Morgan fingerprint density at radius 2 is 1.63 bits per heavy atom. The van der Waals surface area contributed by atoms with Crippen molar-refractivity contribution in [2.75, 3.05) is 26.6 Å². The van der Waals surface area contributed by atoms with Gasteiger partial charge in [-0.05, 0) is 60.5 Å². The topological polar surface area (TPSA) is 87.0 Å². The fraction of sp³-hybridized carbons (Fsp3) is 0.143. The molecule has 0 bridgehead atoms. The number of benzene rings is 3. The number of hydrogen-bond acceptors (Lipinski definition) is 6. The molecule has 0 spiro atoms. The Labute approximate surface area is 202 Å². The molecule has 7 heteroatoms. The summed E-state index contributed by atoms with van der Waals surface area (Å²) >= 11 is 0. The molecular weight excluding hydrogens is 446 g/mol. The van der Waals surface area contributed by atoms with E-state index in [0.717, 1.165) is 27.8 Å². The number of hydrogen-bond donors (Lipinski definition) is 1. The molecule has 1 amide bonds. The number of methoxy groups -OCH3 is 3. The Morgan fingerprint density at radius 1 is 0.914 bits per heavy atom. The van der Waals surface area contributed by atoms with Crippen molar-refractivity contribution >= 4 is 34.1 Å². The molecule has 35 heavy (non-hydrogen) atoms. The number of carbonyl (C=O) groups is 2. The molecule has 0 fully saturated rings. The van der Waals surface area contributed by atoms with Crippen LogP contribution in [0.1, 0.15) is 22.8 Å². The van der Waals surface area contributed by atoms with Gasteiger partial charge in [-0.25, -0.2) is 4.79 Å². The predicted octanol–water partition coefficient (Wildman–Crippen LogP) is 5.95. The number of nitrogens with one attached hydrogen (secondary N) is 1. The van der Waals surface area contributed by atoms with E-state index in [1.54, 1.807) is 44.7 Å². The van der Waals surface area contributed by atoms with E-state index >= 15 is 0 Å². The Hall–Kier alpha value is -4.52. The summed E-state index contributed by atoms with van der Waals surface area (Å²) in [5.74, 6) is 0.623. The molecule has 1 aromatic heterocycles. The fourth-order valence-electron chi connectivity index (χ4n) is 3.79. The number of allylic oxidation sites excluding steroid dienone is 1. The zero-order chi connectivity index (χ0) is 24.9. The molecule has 0 saturated carbocycles. The quantitative estimate of drug-likeness (QED) is 0.265. The van der Waals surface area contributed by atoms with Crippen molar-refractivity contribution in [1.29, 1.82) is 0 Å². The number of rotatable bonds is 7. The molecule has 0 saturated heterocycles. The molecule has 3 aromatic carbocycles. The maximum atomic E-state index is 12.7. The minimum Gasteiger partial charge on any atom is -0.497 e. The van der Waals surface area contributed by atoms with Crippen molar-refractivity contribution in [3.63, 3.8) is 0 Å². The summed E-state index contributed by atoms with van der Waals surface area (Å²) < 4.78 is 21.3. The second-order valence-electron chi connectivity index (χ2n) is 7.81. The Bertz CT molecular complexity index is 1400. The van der Waals surface area contributed by atoms with Crippen LogP contribution in [0.4, 0.5) is 5.69 Å². The lowest BCUT2D eigenvalue weighted by Crippen LogP contribution is -2.09. The highest BCUT2D eigenvalue weighted by Crippen LogP contribution is 2.37. The first kappa shape index (κ1) is 23.6. The molecule has 4 rings (SSSR count). The van der Waals surface area contributed by atoms with Crippen LogP contribution in [-0.2, 0) is 9.53 Å². The summed E-state index contributed by atoms with van der Waals surface area (Å²) in [5, 5.41) is 3.71. The monoisotopic (exact) mass is 471 g/mol. The smallest absolute Gasteiger partial charge is 0.337 e. The largest absolute Gasteiger partial charge is 0.497 e. The van der Waals surface area contributed by atoms with Gasteiger partial charge in [-0.1, -0.05) is 12.1 Å². The first-order valence-corrected chi connectivity index (χ1v) is 10.8. The lowest BCUT2D eigenvalue weighted by atomic mass is 9.99. The number of fused-ring (bicyclic) bond motifs is 1. The van der Waals surface area contributed by atoms with Gasteiger partial charge in [-0.15, -0.1) is 0 Å². The van der Waals surface area contributed by atoms with E-state index in [1.807, 2.05) is 43.3 Å². The first-order valence-electron chi connectivity index (χ1n) is 10.8. The van der Waals surface area contributed by atoms with Crippen molar-refractivity contribution in [3.8, 4) is 22.6 Å². The fourth-order valence-corrected chi connectivity index (χ4v) is 3.79. The van der Waals surface area contributed by atoms with E-state index in [1.165, 1.54) is 13.2 Å². The molecule has 1 N–H and O–H groups in total. The Balaban J connectivity index is 1.62. The number of ether oxygens (including phenoxy) is 3. The predicted molar refractivity (Wildman–Crippen MR) is 135 cm³/mol. The summed E-state index contributed by atoms with van der Waals surface area (Å²) in [7, 11) is 4.53. The maximum Gasteiger partial charge on any atom is 0.337 e. The van der Waals surface area contributed by atoms with Gasteiger partial charge in [0.2, 0.25) is 5.91 Å². The first-order chi connectivity index (χ1) is 16.9. The van der Waals surface area contributed by atoms with E-state index in [0.29, 0.717) is 28.2 Å². The molecule has 4 aromatic rings. The summed E-state index contributed by atoms with van der Waals surface area (Å²) in [6, 6.07) is 18.0. The van der Waals surface area contributed by atoms with Gasteiger partial charge in [0.1, 0.15) is 17.1 Å². The van der Waals surface area contributed by atoms with E-state index < -0.39 is 5.97 Å². The van der Waals surface area contributed by atoms with Crippen molar-refractivity contribution < 1.29 is 28.2 Å². The van der Waals surface area contributed by atoms with Crippen LogP contribution in [0.15, 0.2) is 77.4 Å². The number of anilines is 1. The number of amides is 1. The molecule has 0 aliphatic heterocycles. The van der Waals surface area contributed by atoms with Gasteiger partial charge >= 0.3 is 5.97 Å². The van der Waals surface area contributed by atoms with Gasteiger partial charge < -0.3 is 23.9 Å². The molecule has 7 nitrogen and oxygen atoms in total. The highest BCUT2D eigenvalue weighted by molar-refractivity contribution is 6.05. The van der Waals surface area contributed by atoms with Gasteiger partial charge in [0.05, 0.1) is 33.2 Å². The highest BCUT2D eigenvalue weighted by atomic mass is 16.5. The number of carbonyl (C=O) groups excluding carboxylic acids is 2. The molecule has 0 radical (unpaired) electrons. The molecule has 0 aliphatic rings. The summed E-state index contributed by atoms with van der Waals surface area (Å²) in [4.78, 5) is 24.3. The Morgan fingerprint density at radius 3 is 2.26 bits per heavy atom. The van der Waals surface area contributed by atoms with Crippen LogP contribution in [-0.4, -0.2) is 33.2 Å². The van der Waals surface area contributed by atoms with Crippen LogP contribution in [0.3, 0.4) is 0 Å². The second-order valence-corrected chi connectivity index (χ2v) is 7.81. The molecule has 178 valence electrons. The van der Waals surface area contributed by atoms with Crippen LogP contribution >= 0.6 is 0 Å². The average molecular weight is 472 g/mol. The van der Waals surface area contributed by atoms with Crippen molar-refractivity contribution in [2.45, 2.75) is 6.92 Å². The second kappa shape index (κ2) is 10.2. The van der Waals surface area contributed by atoms with Crippen molar-refractivity contribution in [1.82, 2.24) is 0 Å². The molecule has 0 unspecified atom stereocenters. The van der Waals surface area contributed by atoms with Gasteiger partial charge in [0.25, 0.3) is 0 Å². The third kappa shape index (κ3) is 5.04. The van der Waals surface area contributed by atoms with E-state index in [-0.39, 0.29) is 5.91 Å². The van der Waals surface area contributed by atoms with Crippen molar-refractivity contribution in [3.05, 3.63) is 84.1 Å². The van der Waals surface area contributed by atoms with E-state index in [2.05, 4.69) is 5.32 Å². The normalized spacial score (nSPS) is 11.3. The van der Waals surface area contributed by atoms with Crippen LogP contribution in [0.5, 0.6) is 11.5 Å². The van der Waals surface area contributed by atoms with Crippen LogP contribution < -0.4 is 14.8 Å². The number of furan rings is 1. The van der Waals surface area contributed by atoms with Gasteiger partial charge in [0.15, 0.2) is 0 Å².